The van der Waals surface area contributed by atoms with E-state index in [1.807, 2.05) is 0 Å². The number of amides is 4. The van der Waals surface area contributed by atoms with E-state index in [2.05, 4.69) is 157 Å². The molecule has 0 aliphatic carbocycles. The molecule has 1 heterocycles. The number of unbranched alkanes of at least 4 members (excludes halogenated alkanes) is 1. The van der Waals surface area contributed by atoms with Crippen molar-refractivity contribution in [2.24, 2.45) is 0 Å². The molecule has 0 unspecified atom stereocenters. The van der Waals surface area contributed by atoms with Crippen LogP contribution in [-0.2, 0) is 34.8 Å². The number of hydrogen-bond acceptors (Lipinski definition) is 7. The number of allylic oxidation sites excluding steroid dienone is 8. The highest BCUT2D eigenvalue weighted by molar-refractivity contribution is 8.14. The molecule has 6 N–H and O–H groups in total. The quantitative estimate of drug-likeness (QED) is 0.0777. The molecule has 0 bridgehead atoms. The Labute approximate surface area is 324 Å². The standard InChI is InChI=1S/C42H56N6O5S/c1-31(49)54-30-40(53)47-29-39(52)46-28-38(51)45-27-37(50)44-25-17-18-26-48-35-22-15-13-20-33(35)42(4,5)36(48)23-11-9-7-8-10-16-24-41(2,3)32-19-12-14-21-34(32)43-6/h7-16,19-23,43H,17-18,24-30H2,1-6H3,(H,44,50)(H,45,51)(H,46,52)(H,47,53)/p+1/b8-7+,11-9+,16-10+,36-23+. The molecule has 290 valence electrons. The third-order valence-corrected chi connectivity index (χ3v) is 9.95. The lowest BCUT2D eigenvalue weighted by Gasteiger charge is -2.27. The fraction of sp³-hybridized carbons (Fsp3) is 0.405. The van der Waals surface area contributed by atoms with Crippen molar-refractivity contribution >= 4 is 51.9 Å². The van der Waals surface area contributed by atoms with Gasteiger partial charge in [-0.1, -0.05) is 112 Å². The van der Waals surface area contributed by atoms with Crippen LogP contribution in [-0.4, -0.2) is 74.3 Å². The van der Waals surface area contributed by atoms with Gasteiger partial charge in [0.25, 0.3) is 0 Å². The number of nitrogens with two attached hydrogens (primary N) is 1. The summed E-state index contributed by atoms with van der Waals surface area (Å²) in [7, 11) is 2.08. The normalized spacial score (nSPS) is 14.5. The third-order valence-electron chi connectivity index (χ3n) is 9.14. The van der Waals surface area contributed by atoms with E-state index >= 15 is 0 Å². The molecule has 0 saturated carbocycles. The van der Waals surface area contributed by atoms with Crippen molar-refractivity contribution in [1.29, 1.82) is 0 Å². The van der Waals surface area contributed by atoms with Gasteiger partial charge in [-0.3, -0.25) is 24.0 Å². The molecule has 0 atom stereocenters. The van der Waals surface area contributed by atoms with Crippen molar-refractivity contribution < 1.29 is 29.3 Å². The number of fused-ring (bicyclic) bond motifs is 1. The van der Waals surface area contributed by atoms with Crippen LogP contribution in [0.3, 0.4) is 0 Å². The molecule has 12 heteroatoms. The first-order valence-electron chi connectivity index (χ1n) is 18.4. The Kier molecular flexibility index (Phi) is 17.5. The molecule has 11 nitrogen and oxygen atoms in total. The Hall–Kier alpha value is -4.94. The van der Waals surface area contributed by atoms with E-state index in [9.17, 15) is 24.0 Å². The molecule has 1 aliphatic rings. The van der Waals surface area contributed by atoms with Crippen LogP contribution < -0.4 is 31.5 Å². The number of para-hydroxylation sites is 2. The third kappa shape index (κ3) is 13.8. The molecule has 2 aromatic rings. The van der Waals surface area contributed by atoms with Crippen LogP contribution >= 0.6 is 11.8 Å². The van der Waals surface area contributed by atoms with Gasteiger partial charge in [0.05, 0.1) is 32.4 Å². The average molecular weight is 758 g/mol. The van der Waals surface area contributed by atoms with Crippen molar-refractivity contribution in [3.63, 3.8) is 0 Å². The summed E-state index contributed by atoms with van der Waals surface area (Å²) < 4.78 is 0. The lowest BCUT2D eigenvalue weighted by Crippen LogP contribution is -2.73. The minimum Gasteiger partial charge on any atom is -0.355 e. The number of anilines is 1. The van der Waals surface area contributed by atoms with Crippen molar-refractivity contribution in [3.05, 3.63) is 108 Å². The molecule has 54 heavy (non-hydrogen) atoms. The first-order valence-corrected chi connectivity index (χ1v) is 19.4. The predicted octanol–water partition coefficient (Wildman–Crippen LogP) is 4.05. The minimum absolute atomic E-state index is 0.0360. The number of quaternary nitrogens is 1. The zero-order chi connectivity index (χ0) is 39.6. The minimum atomic E-state index is -0.558. The predicted molar refractivity (Wildman–Crippen MR) is 218 cm³/mol. The van der Waals surface area contributed by atoms with Gasteiger partial charge in [0.15, 0.2) is 5.12 Å². The summed E-state index contributed by atoms with van der Waals surface area (Å²) in [6, 6.07) is 17.1. The lowest BCUT2D eigenvalue weighted by atomic mass is 9.80. The zero-order valence-electron chi connectivity index (χ0n) is 32.5. The Morgan fingerprint density at radius 3 is 2.06 bits per heavy atom. The maximum atomic E-state index is 12.3. The van der Waals surface area contributed by atoms with E-state index < -0.39 is 17.7 Å². The highest BCUT2D eigenvalue weighted by atomic mass is 32.2. The van der Waals surface area contributed by atoms with Crippen LogP contribution in [0.1, 0.15) is 65.0 Å². The van der Waals surface area contributed by atoms with Crippen LogP contribution in [0.5, 0.6) is 0 Å². The Morgan fingerprint density at radius 1 is 0.778 bits per heavy atom. The maximum Gasteiger partial charge on any atom is 0.239 e. The van der Waals surface area contributed by atoms with Gasteiger partial charge in [0, 0.05) is 42.4 Å². The molecular formula is C42H57N6O5S+. The van der Waals surface area contributed by atoms with Crippen LogP contribution in [0, 0.1) is 0 Å². The number of benzene rings is 2. The first kappa shape index (κ1) is 43.5. The van der Waals surface area contributed by atoms with Gasteiger partial charge >= 0.3 is 0 Å². The second kappa shape index (κ2) is 21.7. The summed E-state index contributed by atoms with van der Waals surface area (Å²) in [5.74, 6) is -1.95. The smallest absolute Gasteiger partial charge is 0.239 e. The number of hydrogen-bond donors (Lipinski definition) is 5. The number of nitrogens with one attached hydrogen (secondary N) is 4. The molecule has 0 aromatic heterocycles. The molecule has 4 amide bonds. The molecule has 0 radical (unpaired) electrons. The number of carbonyl (C=O) groups is 5. The SMILES string of the molecule is C[NH2+]c1ccccc1C(C)(C)C/C=C/C=C/C=C/C=C1/N(CCCCNC(=O)CNC(=O)CNC(=O)CNC(=O)CSC(C)=O)c2ccccc2C1(C)C. The van der Waals surface area contributed by atoms with Crippen LogP contribution in [0.4, 0.5) is 11.4 Å². The summed E-state index contributed by atoms with van der Waals surface area (Å²) in [6.07, 6.45) is 17.3. The van der Waals surface area contributed by atoms with E-state index in [1.54, 1.807) is 0 Å². The van der Waals surface area contributed by atoms with Gasteiger partial charge in [-0.2, -0.15) is 0 Å². The molecular weight excluding hydrogens is 701 g/mol. The van der Waals surface area contributed by atoms with Crippen molar-refractivity contribution in [3.8, 4) is 0 Å². The van der Waals surface area contributed by atoms with E-state index in [-0.39, 0.29) is 47.2 Å². The van der Waals surface area contributed by atoms with Gasteiger partial charge in [-0.05, 0) is 48.4 Å². The number of rotatable bonds is 20. The number of thioether (sulfide) groups is 1. The number of nitrogens with zero attached hydrogens (tertiary/aromatic N) is 1. The molecule has 0 saturated heterocycles. The van der Waals surface area contributed by atoms with Gasteiger partial charge in [-0.15, -0.1) is 0 Å². The summed E-state index contributed by atoms with van der Waals surface area (Å²) in [5.41, 5.74) is 6.19. The number of carbonyl (C=O) groups excluding carboxylic acids is 5. The van der Waals surface area contributed by atoms with Crippen LogP contribution in [0.15, 0.2) is 96.8 Å². The molecule has 2 aromatic carbocycles. The van der Waals surface area contributed by atoms with E-state index in [1.165, 1.54) is 35.1 Å². The first-order chi connectivity index (χ1) is 25.8. The topological polar surface area (TPSA) is 153 Å². The van der Waals surface area contributed by atoms with Crippen molar-refractivity contribution in [2.45, 2.75) is 64.7 Å². The maximum absolute atomic E-state index is 12.3. The highest BCUT2D eigenvalue weighted by Crippen LogP contribution is 2.47. The Morgan fingerprint density at radius 2 is 1.37 bits per heavy atom. The van der Waals surface area contributed by atoms with Crippen molar-refractivity contribution in [1.82, 2.24) is 21.3 Å². The Balaban J connectivity index is 1.43. The zero-order valence-corrected chi connectivity index (χ0v) is 33.3. The summed E-state index contributed by atoms with van der Waals surface area (Å²) in [6.45, 7) is 10.8. The lowest BCUT2D eigenvalue weighted by molar-refractivity contribution is -0.540. The monoisotopic (exact) mass is 757 g/mol. The fourth-order valence-electron chi connectivity index (χ4n) is 6.20. The van der Waals surface area contributed by atoms with Gasteiger partial charge in [-0.25, -0.2) is 0 Å². The second-order valence-corrected chi connectivity index (χ2v) is 15.3. The largest absolute Gasteiger partial charge is 0.355 e. The van der Waals surface area contributed by atoms with E-state index in [4.69, 9.17) is 0 Å². The fourth-order valence-corrected chi connectivity index (χ4v) is 6.64. The van der Waals surface area contributed by atoms with Gasteiger partial charge in [0.2, 0.25) is 23.6 Å². The van der Waals surface area contributed by atoms with Crippen LogP contribution in [0.2, 0.25) is 0 Å². The summed E-state index contributed by atoms with van der Waals surface area (Å²) >= 11 is 0.840. The van der Waals surface area contributed by atoms with E-state index in [0.29, 0.717) is 6.54 Å². The molecule has 0 spiro atoms. The van der Waals surface area contributed by atoms with E-state index in [0.717, 1.165) is 37.6 Å². The second-order valence-electron chi connectivity index (χ2n) is 14.2. The summed E-state index contributed by atoms with van der Waals surface area (Å²) in [4.78, 5) is 61.1. The van der Waals surface area contributed by atoms with Crippen LogP contribution in [0.25, 0.3) is 0 Å². The van der Waals surface area contributed by atoms with Gasteiger partial charge in [0.1, 0.15) is 5.69 Å². The Bertz CT molecular complexity index is 1750. The summed E-state index contributed by atoms with van der Waals surface area (Å²) in [5, 5.41) is 12.0. The molecule has 3 rings (SSSR count). The molecule has 1 aliphatic heterocycles. The van der Waals surface area contributed by atoms with Crippen molar-refractivity contribution in [2.75, 3.05) is 50.4 Å². The molecule has 0 fully saturated rings. The average Bonchev–Trinajstić information content (AvgIpc) is 3.36. The highest BCUT2D eigenvalue weighted by Gasteiger charge is 2.39. The van der Waals surface area contributed by atoms with Gasteiger partial charge < -0.3 is 31.5 Å².